The lowest BCUT2D eigenvalue weighted by atomic mass is 10.1. The van der Waals surface area contributed by atoms with Crippen molar-refractivity contribution in [1.29, 1.82) is 5.26 Å². The summed E-state index contributed by atoms with van der Waals surface area (Å²) in [6.07, 6.45) is 2.48. The van der Waals surface area contributed by atoms with E-state index in [1.807, 2.05) is 13.0 Å². The number of piperidine rings is 1. The van der Waals surface area contributed by atoms with Crippen LogP contribution in [-0.4, -0.2) is 38.4 Å². The van der Waals surface area contributed by atoms with Gasteiger partial charge in [-0.1, -0.05) is 6.92 Å². The number of nitriles is 1. The number of halogens is 1. The Hall–Kier alpha value is -1.13. The molecule has 0 atom stereocenters. The molecule has 0 radical (unpaired) electrons. The van der Waals surface area contributed by atoms with Crippen molar-refractivity contribution >= 4 is 22.4 Å². The van der Waals surface area contributed by atoms with Gasteiger partial charge < -0.3 is 5.32 Å². The number of benzene rings is 1. The van der Waals surface area contributed by atoms with Crippen LogP contribution in [0.25, 0.3) is 0 Å². The predicted octanol–water partition coefficient (Wildman–Crippen LogP) is 2.13. The van der Waals surface area contributed by atoms with E-state index < -0.39 is 10.0 Å². The molecular formula is C15H22ClN3O2S. The average molecular weight is 344 g/mol. The van der Waals surface area contributed by atoms with Gasteiger partial charge in [-0.3, -0.25) is 0 Å². The van der Waals surface area contributed by atoms with Crippen LogP contribution in [0.5, 0.6) is 0 Å². The van der Waals surface area contributed by atoms with E-state index >= 15 is 0 Å². The maximum absolute atomic E-state index is 12.8. The molecule has 1 N–H and O–H groups in total. The number of hydrogen-bond donors (Lipinski definition) is 1. The molecule has 1 saturated heterocycles. The average Bonchev–Trinajstić information content (AvgIpc) is 2.53. The Bertz CT molecular complexity index is 605. The molecule has 0 amide bonds. The maximum Gasteiger partial charge on any atom is 0.243 e. The van der Waals surface area contributed by atoms with E-state index in [4.69, 9.17) is 5.26 Å². The van der Waals surface area contributed by atoms with Gasteiger partial charge in [0.2, 0.25) is 10.0 Å². The van der Waals surface area contributed by atoms with Gasteiger partial charge in [-0.2, -0.15) is 9.57 Å². The maximum atomic E-state index is 12.8. The Morgan fingerprint density at radius 1 is 1.27 bits per heavy atom. The molecule has 1 fully saturated rings. The Balaban J connectivity index is 0.00000242. The van der Waals surface area contributed by atoms with Gasteiger partial charge in [0.25, 0.3) is 0 Å². The Kier molecular flexibility index (Phi) is 7.30. The summed E-state index contributed by atoms with van der Waals surface area (Å²) in [5.41, 5.74) is 0.470. The molecule has 0 unspecified atom stereocenters. The number of rotatable bonds is 5. The van der Waals surface area contributed by atoms with Gasteiger partial charge in [0.15, 0.2) is 0 Å². The summed E-state index contributed by atoms with van der Waals surface area (Å²) in [6.45, 7) is 4.23. The van der Waals surface area contributed by atoms with Crippen LogP contribution in [0.15, 0.2) is 29.2 Å². The fraction of sp³-hybridized carbons (Fsp3) is 0.533. The van der Waals surface area contributed by atoms with Crippen molar-refractivity contribution in [2.24, 2.45) is 0 Å². The summed E-state index contributed by atoms with van der Waals surface area (Å²) in [7, 11) is -3.49. The fourth-order valence-electron chi connectivity index (χ4n) is 2.65. The standard InChI is InChI=1S/C15H21N3O2S.ClH/c1-2-11-18(14-7-9-17-10-8-14)21(19,20)15-5-3-13(12-16)4-6-15;/h3-6,14,17H,2,7-11H2,1H3;1H. The molecule has 0 aromatic heterocycles. The van der Waals surface area contributed by atoms with Crippen LogP contribution in [-0.2, 0) is 10.0 Å². The normalized spacial score (nSPS) is 16.0. The van der Waals surface area contributed by atoms with Gasteiger partial charge in [0, 0.05) is 12.6 Å². The fourth-order valence-corrected chi connectivity index (χ4v) is 4.43. The lowest BCUT2D eigenvalue weighted by Gasteiger charge is -2.33. The van der Waals surface area contributed by atoms with Crippen molar-refractivity contribution < 1.29 is 8.42 Å². The van der Waals surface area contributed by atoms with Crippen molar-refractivity contribution in [2.75, 3.05) is 19.6 Å². The number of nitrogens with zero attached hydrogens (tertiary/aromatic N) is 2. The second kappa shape index (κ2) is 8.49. The number of nitrogens with one attached hydrogen (secondary N) is 1. The van der Waals surface area contributed by atoms with Gasteiger partial charge in [-0.25, -0.2) is 8.42 Å². The number of hydrogen-bond acceptors (Lipinski definition) is 4. The predicted molar refractivity (Wildman–Crippen MR) is 88.5 cm³/mol. The third-order valence-corrected chi connectivity index (χ3v) is 5.72. The lowest BCUT2D eigenvalue weighted by molar-refractivity contribution is 0.262. The first-order valence-electron chi connectivity index (χ1n) is 7.32. The molecule has 122 valence electrons. The van der Waals surface area contributed by atoms with Gasteiger partial charge in [0.1, 0.15) is 0 Å². The molecule has 0 spiro atoms. The summed E-state index contributed by atoms with van der Waals surface area (Å²) in [6, 6.07) is 8.23. The second-order valence-corrected chi connectivity index (χ2v) is 7.12. The zero-order chi connectivity index (χ0) is 15.3. The Morgan fingerprint density at radius 3 is 2.36 bits per heavy atom. The highest BCUT2D eigenvalue weighted by Crippen LogP contribution is 2.23. The van der Waals surface area contributed by atoms with Crippen molar-refractivity contribution in [3.63, 3.8) is 0 Å². The van der Waals surface area contributed by atoms with E-state index in [2.05, 4.69) is 5.32 Å². The first-order valence-corrected chi connectivity index (χ1v) is 8.76. The van der Waals surface area contributed by atoms with E-state index in [1.165, 1.54) is 12.1 Å². The first-order chi connectivity index (χ1) is 10.1. The summed E-state index contributed by atoms with van der Waals surface area (Å²) in [4.78, 5) is 0.272. The highest BCUT2D eigenvalue weighted by Gasteiger charge is 2.31. The van der Waals surface area contributed by atoms with Crippen molar-refractivity contribution in [3.8, 4) is 6.07 Å². The van der Waals surface area contributed by atoms with E-state index in [-0.39, 0.29) is 23.3 Å². The zero-order valence-corrected chi connectivity index (χ0v) is 14.3. The van der Waals surface area contributed by atoms with Gasteiger partial charge in [-0.15, -0.1) is 12.4 Å². The van der Waals surface area contributed by atoms with Crippen LogP contribution >= 0.6 is 12.4 Å². The molecule has 0 bridgehead atoms. The minimum atomic E-state index is -3.49. The molecule has 0 aliphatic carbocycles. The third-order valence-electron chi connectivity index (χ3n) is 3.75. The molecule has 1 aromatic rings. The Morgan fingerprint density at radius 2 is 1.86 bits per heavy atom. The van der Waals surface area contributed by atoms with E-state index in [1.54, 1.807) is 16.4 Å². The van der Waals surface area contributed by atoms with Crippen LogP contribution in [0.2, 0.25) is 0 Å². The minimum absolute atomic E-state index is 0. The topological polar surface area (TPSA) is 73.2 Å². The van der Waals surface area contributed by atoms with Gasteiger partial charge in [0.05, 0.1) is 16.5 Å². The van der Waals surface area contributed by atoms with E-state index in [0.717, 1.165) is 32.4 Å². The van der Waals surface area contributed by atoms with Gasteiger partial charge in [-0.05, 0) is 56.6 Å². The lowest BCUT2D eigenvalue weighted by Crippen LogP contribution is -2.46. The third kappa shape index (κ3) is 4.20. The molecule has 22 heavy (non-hydrogen) atoms. The summed E-state index contributed by atoms with van der Waals surface area (Å²) in [5, 5.41) is 12.1. The SMILES string of the molecule is CCCN(C1CCNCC1)S(=O)(=O)c1ccc(C#N)cc1.Cl. The molecule has 1 aliphatic heterocycles. The molecule has 1 aliphatic rings. The van der Waals surface area contributed by atoms with Crippen molar-refractivity contribution in [3.05, 3.63) is 29.8 Å². The minimum Gasteiger partial charge on any atom is -0.317 e. The van der Waals surface area contributed by atoms with E-state index in [0.29, 0.717) is 12.1 Å². The van der Waals surface area contributed by atoms with Crippen LogP contribution < -0.4 is 5.32 Å². The monoisotopic (exact) mass is 343 g/mol. The summed E-state index contributed by atoms with van der Waals surface area (Å²) < 4.78 is 27.3. The highest BCUT2D eigenvalue weighted by molar-refractivity contribution is 7.89. The molecule has 7 heteroatoms. The Labute approximate surface area is 138 Å². The summed E-state index contributed by atoms with van der Waals surface area (Å²) >= 11 is 0. The summed E-state index contributed by atoms with van der Waals surface area (Å²) in [5.74, 6) is 0. The molecule has 0 saturated carbocycles. The molecular weight excluding hydrogens is 322 g/mol. The largest absolute Gasteiger partial charge is 0.317 e. The molecule has 1 heterocycles. The highest BCUT2D eigenvalue weighted by atomic mass is 35.5. The van der Waals surface area contributed by atoms with Crippen LogP contribution in [0, 0.1) is 11.3 Å². The van der Waals surface area contributed by atoms with Crippen molar-refractivity contribution in [2.45, 2.75) is 37.1 Å². The van der Waals surface area contributed by atoms with E-state index in [9.17, 15) is 8.42 Å². The van der Waals surface area contributed by atoms with Crippen molar-refractivity contribution in [1.82, 2.24) is 9.62 Å². The van der Waals surface area contributed by atoms with Crippen LogP contribution in [0.1, 0.15) is 31.7 Å². The second-order valence-electron chi connectivity index (χ2n) is 5.23. The first kappa shape index (κ1) is 18.9. The zero-order valence-electron chi connectivity index (χ0n) is 12.7. The van der Waals surface area contributed by atoms with Crippen LogP contribution in [0.4, 0.5) is 0 Å². The molecule has 5 nitrogen and oxygen atoms in total. The number of sulfonamides is 1. The molecule has 1 aromatic carbocycles. The van der Waals surface area contributed by atoms with Crippen LogP contribution in [0.3, 0.4) is 0 Å². The van der Waals surface area contributed by atoms with Gasteiger partial charge >= 0.3 is 0 Å². The molecule has 2 rings (SSSR count). The smallest absolute Gasteiger partial charge is 0.243 e. The quantitative estimate of drug-likeness (QED) is 0.888.